The van der Waals surface area contributed by atoms with Crippen LogP contribution in [-0.2, 0) is 0 Å². The van der Waals surface area contributed by atoms with E-state index in [4.69, 9.17) is 4.42 Å². The third kappa shape index (κ3) is 1.78. The molecule has 1 aliphatic heterocycles. The summed E-state index contributed by atoms with van der Waals surface area (Å²) in [4.78, 5) is 25.7. The van der Waals surface area contributed by atoms with Crippen LogP contribution >= 0.6 is 0 Å². The van der Waals surface area contributed by atoms with Gasteiger partial charge in [0.1, 0.15) is 0 Å². The van der Waals surface area contributed by atoms with Crippen LogP contribution in [0.1, 0.15) is 16.8 Å². The van der Waals surface area contributed by atoms with E-state index >= 15 is 0 Å². The van der Waals surface area contributed by atoms with Gasteiger partial charge in [0.2, 0.25) is 0 Å². The second kappa shape index (κ2) is 3.85. The van der Waals surface area contributed by atoms with Crippen LogP contribution in [0, 0.1) is 5.92 Å². The van der Waals surface area contributed by atoms with Crippen molar-refractivity contribution in [2.24, 2.45) is 5.92 Å². The molecule has 1 fully saturated rings. The van der Waals surface area contributed by atoms with Crippen LogP contribution < -0.4 is 11.1 Å². The number of aromatic nitrogens is 1. The summed E-state index contributed by atoms with van der Waals surface area (Å²) in [7, 11) is 0. The molecule has 0 bridgehead atoms. The number of H-pyrrole nitrogens is 1. The molecule has 0 spiro atoms. The highest BCUT2D eigenvalue weighted by molar-refractivity contribution is 6.00. The van der Waals surface area contributed by atoms with Crippen molar-refractivity contribution in [3.05, 3.63) is 34.3 Å². The summed E-state index contributed by atoms with van der Waals surface area (Å²) >= 11 is 0. The van der Waals surface area contributed by atoms with Gasteiger partial charge in [-0.3, -0.25) is 9.78 Å². The fraction of sp³-hybridized carbons (Fsp3) is 0.333. The highest BCUT2D eigenvalue weighted by Crippen LogP contribution is 2.18. The molecule has 1 saturated heterocycles. The molecule has 0 radical (unpaired) electrons. The predicted molar refractivity (Wildman–Crippen MR) is 62.1 cm³/mol. The quantitative estimate of drug-likeness (QED) is 0.755. The topological polar surface area (TPSA) is 75.1 Å². The van der Waals surface area contributed by atoms with Crippen LogP contribution in [-0.4, -0.2) is 23.9 Å². The number of rotatable bonds is 2. The summed E-state index contributed by atoms with van der Waals surface area (Å²) in [6.07, 6.45) is 0.869. The zero-order chi connectivity index (χ0) is 11.8. The fourth-order valence-electron chi connectivity index (χ4n) is 2.21. The maximum atomic E-state index is 12.1. The first-order chi connectivity index (χ1) is 8.24. The zero-order valence-electron chi connectivity index (χ0n) is 9.16. The van der Waals surface area contributed by atoms with E-state index in [1.165, 1.54) is 0 Å². The largest absolute Gasteiger partial charge is 0.417 e. The lowest BCUT2D eigenvalue weighted by Crippen LogP contribution is -2.17. The minimum absolute atomic E-state index is 0.0399. The van der Waals surface area contributed by atoms with Gasteiger partial charge in [-0.2, -0.15) is 0 Å². The van der Waals surface area contributed by atoms with Crippen molar-refractivity contribution in [3.63, 3.8) is 0 Å². The summed E-state index contributed by atoms with van der Waals surface area (Å²) in [5, 5.41) is 3.16. The molecule has 1 aromatic carbocycles. The Labute approximate surface area is 96.8 Å². The van der Waals surface area contributed by atoms with Gasteiger partial charge in [-0.05, 0) is 31.2 Å². The van der Waals surface area contributed by atoms with E-state index < -0.39 is 5.76 Å². The normalized spacial score (nSPS) is 19.9. The van der Waals surface area contributed by atoms with E-state index in [0.717, 1.165) is 19.5 Å². The Hall–Kier alpha value is -1.88. The van der Waals surface area contributed by atoms with Gasteiger partial charge in [-0.15, -0.1) is 0 Å². The Morgan fingerprint density at radius 1 is 1.41 bits per heavy atom. The van der Waals surface area contributed by atoms with E-state index in [-0.39, 0.29) is 11.7 Å². The lowest BCUT2D eigenvalue weighted by molar-refractivity contribution is 0.0930. The van der Waals surface area contributed by atoms with Gasteiger partial charge in [-0.1, -0.05) is 0 Å². The number of nitrogens with one attached hydrogen (secondary N) is 2. The first-order valence-electron chi connectivity index (χ1n) is 5.62. The average Bonchev–Trinajstić information content (AvgIpc) is 2.94. The predicted octanol–water partition coefficient (Wildman–Crippen LogP) is 0.913. The molecule has 5 nitrogen and oxygen atoms in total. The number of ketones is 1. The van der Waals surface area contributed by atoms with Crippen LogP contribution in [0.4, 0.5) is 0 Å². The highest BCUT2D eigenvalue weighted by Gasteiger charge is 2.23. The second-order valence-electron chi connectivity index (χ2n) is 4.28. The van der Waals surface area contributed by atoms with Crippen LogP contribution in [0.2, 0.25) is 0 Å². The van der Waals surface area contributed by atoms with E-state index in [2.05, 4.69) is 10.3 Å². The third-order valence-corrected chi connectivity index (χ3v) is 3.14. The standard InChI is InChI=1S/C12H12N2O3/c15-11(8-3-4-13-6-8)7-1-2-9-10(5-7)17-12(16)14-9/h1-2,5,8,13H,3-4,6H2,(H,14,16). The van der Waals surface area contributed by atoms with E-state index in [9.17, 15) is 9.59 Å². The Morgan fingerprint density at radius 2 is 2.29 bits per heavy atom. The molecule has 2 heterocycles. The lowest BCUT2D eigenvalue weighted by atomic mass is 9.97. The van der Waals surface area contributed by atoms with Gasteiger partial charge in [0.15, 0.2) is 11.4 Å². The first kappa shape index (κ1) is 10.3. The molecule has 17 heavy (non-hydrogen) atoms. The molecule has 2 aromatic rings. The number of carbonyl (C=O) groups excluding carboxylic acids is 1. The molecule has 5 heteroatoms. The van der Waals surface area contributed by atoms with Crippen LogP contribution in [0.15, 0.2) is 27.4 Å². The molecule has 1 unspecified atom stereocenters. The highest BCUT2D eigenvalue weighted by atomic mass is 16.4. The molecule has 2 N–H and O–H groups in total. The van der Waals surface area contributed by atoms with E-state index in [0.29, 0.717) is 16.7 Å². The fourth-order valence-corrected chi connectivity index (χ4v) is 2.21. The number of fused-ring (bicyclic) bond motifs is 1. The van der Waals surface area contributed by atoms with Crippen molar-refractivity contribution in [2.75, 3.05) is 13.1 Å². The van der Waals surface area contributed by atoms with Crippen molar-refractivity contribution in [2.45, 2.75) is 6.42 Å². The number of hydrogen-bond acceptors (Lipinski definition) is 4. The molecular weight excluding hydrogens is 220 g/mol. The van der Waals surface area contributed by atoms with Crippen LogP contribution in [0.3, 0.4) is 0 Å². The molecule has 88 valence electrons. The molecule has 0 aliphatic carbocycles. The Kier molecular flexibility index (Phi) is 2.33. The summed E-state index contributed by atoms with van der Waals surface area (Å²) in [5.41, 5.74) is 1.66. The van der Waals surface area contributed by atoms with Crippen molar-refractivity contribution in [3.8, 4) is 0 Å². The van der Waals surface area contributed by atoms with Gasteiger partial charge in [0.05, 0.1) is 5.52 Å². The summed E-state index contributed by atoms with van der Waals surface area (Å²) in [6.45, 7) is 1.62. The van der Waals surface area contributed by atoms with Crippen molar-refractivity contribution in [1.29, 1.82) is 0 Å². The molecule has 0 saturated carbocycles. The number of Topliss-reactive ketones (excluding diaryl/α,β-unsaturated/α-hetero) is 1. The lowest BCUT2D eigenvalue weighted by Gasteiger charge is -2.06. The van der Waals surface area contributed by atoms with Crippen molar-refractivity contribution >= 4 is 16.9 Å². The maximum Gasteiger partial charge on any atom is 0.417 e. The molecule has 0 amide bonds. The van der Waals surface area contributed by atoms with Crippen molar-refractivity contribution in [1.82, 2.24) is 10.3 Å². The SMILES string of the molecule is O=C(c1ccc2[nH]c(=O)oc2c1)C1CCNC1. The zero-order valence-corrected chi connectivity index (χ0v) is 9.16. The van der Waals surface area contributed by atoms with E-state index in [1.807, 2.05) is 0 Å². The van der Waals surface area contributed by atoms with Gasteiger partial charge < -0.3 is 9.73 Å². The Morgan fingerprint density at radius 3 is 3.06 bits per heavy atom. The molecule has 1 aromatic heterocycles. The smallest absolute Gasteiger partial charge is 0.408 e. The summed E-state index contributed by atoms with van der Waals surface area (Å²) in [6, 6.07) is 5.07. The van der Waals surface area contributed by atoms with E-state index in [1.54, 1.807) is 18.2 Å². The Bertz CT molecular complexity index is 620. The molecular formula is C12H12N2O3. The van der Waals surface area contributed by atoms with Gasteiger partial charge in [0, 0.05) is 18.0 Å². The molecule has 1 atom stereocenters. The number of hydrogen-bond donors (Lipinski definition) is 2. The average molecular weight is 232 g/mol. The molecule has 3 rings (SSSR count). The summed E-state index contributed by atoms with van der Waals surface area (Å²) < 4.78 is 4.94. The first-order valence-corrected chi connectivity index (χ1v) is 5.62. The van der Waals surface area contributed by atoms with Gasteiger partial charge in [-0.25, -0.2) is 4.79 Å². The second-order valence-corrected chi connectivity index (χ2v) is 4.28. The van der Waals surface area contributed by atoms with Crippen molar-refractivity contribution < 1.29 is 9.21 Å². The minimum Gasteiger partial charge on any atom is -0.408 e. The molecule has 1 aliphatic rings. The number of carbonyl (C=O) groups is 1. The van der Waals surface area contributed by atoms with Gasteiger partial charge >= 0.3 is 5.76 Å². The number of oxazole rings is 1. The number of benzene rings is 1. The van der Waals surface area contributed by atoms with Crippen LogP contribution in [0.5, 0.6) is 0 Å². The Balaban J connectivity index is 1.99. The van der Waals surface area contributed by atoms with Crippen LogP contribution in [0.25, 0.3) is 11.1 Å². The minimum atomic E-state index is -0.493. The monoisotopic (exact) mass is 232 g/mol. The summed E-state index contributed by atoms with van der Waals surface area (Å²) in [5.74, 6) is -0.342. The third-order valence-electron chi connectivity index (χ3n) is 3.14. The maximum absolute atomic E-state index is 12.1. The number of aromatic amines is 1. The van der Waals surface area contributed by atoms with Gasteiger partial charge in [0.25, 0.3) is 0 Å².